The van der Waals surface area contributed by atoms with Gasteiger partial charge in [0.2, 0.25) is 0 Å². The SMILES string of the molecule is CC12NC1C1CCC12. The van der Waals surface area contributed by atoms with E-state index in [1.165, 1.54) is 12.8 Å². The van der Waals surface area contributed by atoms with Gasteiger partial charge in [0.05, 0.1) is 0 Å². The molecule has 0 aromatic rings. The molecule has 1 saturated heterocycles. The molecule has 4 unspecified atom stereocenters. The number of nitrogens with one attached hydrogen (secondary N) is 1. The van der Waals surface area contributed by atoms with Crippen LogP contribution in [0.3, 0.4) is 0 Å². The molecule has 1 aliphatic heterocycles. The third-order valence-corrected chi connectivity index (χ3v) is 3.56. The molecule has 2 aliphatic carbocycles. The van der Waals surface area contributed by atoms with Gasteiger partial charge in [0.25, 0.3) is 0 Å². The smallest absolute Gasteiger partial charge is 0.0344 e. The first kappa shape index (κ1) is 3.89. The molecule has 2 saturated carbocycles. The molecule has 4 atom stereocenters. The van der Waals surface area contributed by atoms with Gasteiger partial charge in [-0.15, -0.1) is 0 Å². The van der Waals surface area contributed by atoms with E-state index in [0.29, 0.717) is 5.54 Å². The van der Waals surface area contributed by atoms with Crippen molar-refractivity contribution in [2.75, 3.05) is 0 Å². The van der Waals surface area contributed by atoms with Crippen LogP contribution in [0.4, 0.5) is 0 Å². The van der Waals surface area contributed by atoms with Gasteiger partial charge < -0.3 is 5.32 Å². The van der Waals surface area contributed by atoms with Crippen molar-refractivity contribution in [3.8, 4) is 0 Å². The topological polar surface area (TPSA) is 21.9 Å². The first-order valence-corrected chi connectivity index (χ1v) is 3.60. The van der Waals surface area contributed by atoms with Crippen molar-refractivity contribution in [3.63, 3.8) is 0 Å². The maximum Gasteiger partial charge on any atom is 0.0344 e. The fraction of sp³-hybridized carbons (Fsp3) is 1.00. The molecule has 3 rings (SSSR count). The number of hydrogen-bond acceptors (Lipinski definition) is 1. The highest BCUT2D eigenvalue weighted by atomic mass is 15.3. The molecule has 0 bridgehead atoms. The summed E-state index contributed by atoms with van der Waals surface area (Å²) in [7, 11) is 0. The average molecular weight is 109 g/mol. The van der Waals surface area contributed by atoms with Crippen LogP contribution in [0.15, 0.2) is 0 Å². The number of rotatable bonds is 0. The second-order valence-electron chi connectivity index (χ2n) is 3.75. The van der Waals surface area contributed by atoms with Crippen molar-refractivity contribution < 1.29 is 0 Å². The Balaban J connectivity index is 1.98. The summed E-state index contributed by atoms with van der Waals surface area (Å²) in [6.07, 6.45) is 3.02. The zero-order valence-corrected chi connectivity index (χ0v) is 5.15. The molecule has 1 N–H and O–H groups in total. The summed E-state index contributed by atoms with van der Waals surface area (Å²) in [5, 5.41) is 3.54. The van der Waals surface area contributed by atoms with Crippen molar-refractivity contribution in [3.05, 3.63) is 0 Å². The highest BCUT2D eigenvalue weighted by Gasteiger charge is 2.73. The van der Waals surface area contributed by atoms with E-state index in [0.717, 1.165) is 17.9 Å². The third-order valence-electron chi connectivity index (χ3n) is 3.56. The Morgan fingerprint density at radius 2 is 2.38 bits per heavy atom. The molecule has 0 radical (unpaired) electrons. The molecule has 0 aromatic carbocycles. The normalized spacial score (nSPS) is 73.9. The van der Waals surface area contributed by atoms with Gasteiger partial charge in [-0.25, -0.2) is 0 Å². The molecule has 0 spiro atoms. The van der Waals surface area contributed by atoms with Crippen LogP contribution in [0.1, 0.15) is 19.8 Å². The lowest BCUT2D eigenvalue weighted by Crippen LogP contribution is -2.51. The molecular formula is C7H11N. The molecule has 0 aromatic heterocycles. The largest absolute Gasteiger partial charge is 0.305 e. The quantitative estimate of drug-likeness (QED) is 0.456. The minimum absolute atomic E-state index is 0.656. The summed E-state index contributed by atoms with van der Waals surface area (Å²) in [5.74, 6) is 2.20. The minimum Gasteiger partial charge on any atom is -0.305 e. The monoisotopic (exact) mass is 109 g/mol. The Labute approximate surface area is 49.5 Å². The van der Waals surface area contributed by atoms with Crippen LogP contribution in [-0.2, 0) is 0 Å². The molecule has 8 heavy (non-hydrogen) atoms. The fourth-order valence-electron chi connectivity index (χ4n) is 2.73. The van der Waals surface area contributed by atoms with Gasteiger partial charge in [-0.2, -0.15) is 0 Å². The maximum absolute atomic E-state index is 3.54. The lowest BCUT2D eigenvalue weighted by Gasteiger charge is -2.49. The van der Waals surface area contributed by atoms with Crippen molar-refractivity contribution in [1.82, 2.24) is 5.32 Å². The molecule has 0 amide bonds. The van der Waals surface area contributed by atoms with E-state index in [1.54, 1.807) is 0 Å². The Morgan fingerprint density at radius 1 is 1.50 bits per heavy atom. The van der Waals surface area contributed by atoms with Gasteiger partial charge in [-0.1, -0.05) is 0 Å². The van der Waals surface area contributed by atoms with E-state index in [4.69, 9.17) is 0 Å². The lowest BCUT2D eigenvalue weighted by molar-refractivity contribution is 0.0560. The second kappa shape index (κ2) is 0.766. The average Bonchev–Trinajstić information content (AvgIpc) is 2.09. The Morgan fingerprint density at radius 3 is 2.62 bits per heavy atom. The van der Waals surface area contributed by atoms with E-state index in [1.807, 2.05) is 0 Å². The molecule has 1 nitrogen and oxygen atoms in total. The van der Waals surface area contributed by atoms with Gasteiger partial charge in [0.15, 0.2) is 0 Å². The van der Waals surface area contributed by atoms with Crippen LogP contribution in [0.25, 0.3) is 0 Å². The van der Waals surface area contributed by atoms with Crippen LogP contribution >= 0.6 is 0 Å². The van der Waals surface area contributed by atoms with Crippen LogP contribution < -0.4 is 5.32 Å². The molecule has 44 valence electrons. The second-order valence-corrected chi connectivity index (χ2v) is 3.75. The van der Waals surface area contributed by atoms with Gasteiger partial charge >= 0.3 is 0 Å². The summed E-state index contributed by atoms with van der Waals surface area (Å²) in [6, 6.07) is 0.959. The standard InChI is InChI=1S/C7H11N/c1-7-5-3-2-4(5)6(7)8-7/h4-6,8H,2-3H2,1H3. The molecule has 1 heterocycles. The zero-order chi connectivity index (χ0) is 5.35. The summed E-state index contributed by atoms with van der Waals surface area (Å²) in [6.45, 7) is 2.37. The van der Waals surface area contributed by atoms with Crippen molar-refractivity contribution >= 4 is 0 Å². The van der Waals surface area contributed by atoms with Crippen molar-refractivity contribution in [2.45, 2.75) is 31.3 Å². The van der Waals surface area contributed by atoms with E-state index >= 15 is 0 Å². The van der Waals surface area contributed by atoms with Gasteiger partial charge in [0, 0.05) is 11.6 Å². The maximum atomic E-state index is 3.54. The Hall–Kier alpha value is -0.0400. The van der Waals surface area contributed by atoms with Crippen molar-refractivity contribution in [1.29, 1.82) is 0 Å². The fourth-order valence-corrected chi connectivity index (χ4v) is 2.73. The Kier molecular flexibility index (Phi) is 0.372. The first-order valence-electron chi connectivity index (χ1n) is 3.60. The molecule has 3 aliphatic rings. The highest BCUT2D eigenvalue weighted by Crippen LogP contribution is 2.64. The predicted octanol–water partition coefficient (Wildman–Crippen LogP) is 0.757. The molecule has 1 heteroatoms. The van der Waals surface area contributed by atoms with Crippen molar-refractivity contribution in [2.24, 2.45) is 11.8 Å². The van der Waals surface area contributed by atoms with E-state index < -0.39 is 0 Å². The van der Waals surface area contributed by atoms with Crippen LogP contribution in [0.5, 0.6) is 0 Å². The lowest BCUT2D eigenvalue weighted by atomic mass is 9.54. The molecular weight excluding hydrogens is 98.1 g/mol. The summed E-state index contributed by atoms with van der Waals surface area (Å²) >= 11 is 0. The number of hydrogen-bond donors (Lipinski definition) is 1. The highest BCUT2D eigenvalue weighted by molar-refractivity contribution is 5.31. The van der Waals surface area contributed by atoms with Gasteiger partial charge in [-0.05, 0) is 31.6 Å². The Bertz CT molecular complexity index is 154. The van der Waals surface area contributed by atoms with E-state index in [9.17, 15) is 0 Å². The summed E-state index contributed by atoms with van der Waals surface area (Å²) in [5.41, 5.74) is 0.656. The van der Waals surface area contributed by atoms with Crippen LogP contribution in [-0.4, -0.2) is 11.6 Å². The van der Waals surface area contributed by atoms with Gasteiger partial charge in [-0.3, -0.25) is 0 Å². The summed E-state index contributed by atoms with van der Waals surface area (Å²) < 4.78 is 0. The van der Waals surface area contributed by atoms with Gasteiger partial charge in [0.1, 0.15) is 0 Å². The minimum atomic E-state index is 0.656. The van der Waals surface area contributed by atoms with E-state index in [2.05, 4.69) is 12.2 Å². The van der Waals surface area contributed by atoms with E-state index in [-0.39, 0.29) is 0 Å². The summed E-state index contributed by atoms with van der Waals surface area (Å²) in [4.78, 5) is 0. The third kappa shape index (κ3) is 0.188. The first-order chi connectivity index (χ1) is 3.82. The predicted molar refractivity (Wildman–Crippen MR) is 31.5 cm³/mol. The zero-order valence-electron chi connectivity index (χ0n) is 5.15. The van der Waals surface area contributed by atoms with Crippen LogP contribution in [0.2, 0.25) is 0 Å². The molecule has 3 fully saturated rings. The number of fused-ring (bicyclic) bond motifs is 4. The van der Waals surface area contributed by atoms with Crippen LogP contribution in [0, 0.1) is 11.8 Å².